The predicted octanol–water partition coefficient (Wildman–Crippen LogP) is 2.17. The van der Waals surface area contributed by atoms with E-state index in [9.17, 15) is 4.79 Å². The van der Waals surface area contributed by atoms with E-state index in [1.807, 2.05) is 0 Å². The second kappa shape index (κ2) is 9.77. The molecule has 1 aromatic rings. The lowest BCUT2D eigenvalue weighted by Crippen LogP contribution is -2.32. The molecule has 1 heterocycles. The van der Waals surface area contributed by atoms with Crippen molar-refractivity contribution in [2.45, 2.75) is 25.8 Å². The fourth-order valence-corrected chi connectivity index (χ4v) is 2.61. The molecular weight excluding hydrogens is 327 g/mol. The van der Waals surface area contributed by atoms with Crippen molar-refractivity contribution in [2.75, 3.05) is 27.3 Å². The number of rotatable bonds is 6. The van der Waals surface area contributed by atoms with Gasteiger partial charge in [-0.3, -0.25) is 9.69 Å². The Balaban J connectivity index is 0.00000220. The molecule has 7 heteroatoms. The Morgan fingerprint density at radius 1 is 1.18 bits per heavy atom. The monoisotopic (exact) mass is 350 g/mol. The van der Waals surface area contributed by atoms with Gasteiger partial charge >= 0.3 is 0 Å². The Bertz CT molecular complexity index is 498. The minimum atomic E-state index is -0.228. The molecule has 126 valence electrons. The lowest BCUT2D eigenvalue weighted by Gasteiger charge is -2.29. The van der Waals surface area contributed by atoms with Crippen LogP contribution in [0.4, 0.5) is 0 Å². The van der Waals surface area contributed by atoms with E-state index >= 15 is 0 Å². The first-order valence-electron chi connectivity index (χ1n) is 6.88. The minimum Gasteiger partial charge on any atom is -0.493 e. The average molecular weight is 351 g/mol. The number of hydrogen-bond donors (Lipinski definition) is 1. The largest absolute Gasteiger partial charge is 0.493 e. The van der Waals surface area contributed by atoms with Crippen molar-refractivity contribution in [2.24, 2.45) is 5.73 Å². The van der Waals surface area contributed by atoms with Gasteiger partial charge in [0.05, 0.1) is 14.2 Å². The second-order valence-corrected chi connectivity index (χ2v) is 5.07. The Hall–Kier alpha value is -1.17. The number of ether oxygens (including phenoxy) is 2. The average Bonchev–Trinajstić information content (AvgIpc) is 2.45. The van der Waals surface area contributed by atoms with Gasteiger partial charge in [-0.25, -0.2) is 0 Å². The van der Waals surface area contributed by atoms with Crippen molar-refractivity contribution in [3.05, 3.63) is 23.3 Å². The van der Waals surface area contributed by atoms with Crippen molar-refractivity contribution < 1.29 is 14.3 Å². The van der Waals surface area contributed by atoms with E-state index in [-0.39, 0.29) is 30.7 Å². The van der Waals surface area contributed by atoms with Crippen molar-refractivity contribution in [3.63, 3.8) is 0 Å². The van der Waals surface area contributed by atoms with Crippen LogP contribution in [0.5, 0.6) is 11.5 Å². The summed E-state index contributed by atoms with van der Waals surface area (Å²) in [5, 5.41) is 0. The van der Waals surface area contributed by atoms with Crippen LogP contribution >= 0.6 is 24.8 Å². The third kappa shape index (κ3) is 5.23. The minimum absolute atomic E-state index is 0. The van der Waals surface area contributed by atoms with Crippen LogP contribution in [0, 0.1) is 0 Å². The van der Waals surface area contributed by atoms with E-state index in [2.05, 4.69) is 17.0 Å². The van der Waals surface area contributed by atoms with Gasteiger partial charge in [-0.15, -0.1) is 24.8 Å². The van der Waals surface area contributed by atoms with Crippen molar-refractivity contribution in [1.82, 2.24) is 4.90 Å². The molecular formula is C15H24Cl2N2O3. The predicted molar refractivity (Wildman–Crippen MR) is 91.5 cm³/mol. The molecule has 0 spiro atoms. The molecule has 1 aromatic carbocycles. The van der Waals surface area contributed by atoms with Gasteiger partial charge in [-0.05, 0) is 42.6 Å². The maximum atomic E-state index is 10.8. The highest BCUT2D eigenvalue weighted by atomic mass is 35.5. The van der Waals surface area contributed by atoms with Crippen LogP contribution in [0.3, 0.4) is 0 Å². The van der Waals surface area contributed by atoms with Gasteiger partial charge in [-0.1, -0.05) is 0 Å². The standard InChI is InChI=1S/C15H22N2O3.2ClH/c1-19-13-8-11-5-7-17(6-3-4-15(16)18)10-12(11)9-14(13)20-2;;/h8-9H,3-7,10H2,1-2H3,(H2,16,18);2*1H. The molecule has 0 atom stereocenters. The van der Waals surface area contributed by atoms with Gasteiger partial charge in [0.2, 0.25) is 5.91 Å². The molecule has 0 bridgehead atoms. The number of halogens is 2. The van der Waals surface area contributed by atoms with E-state index in [0.717, 1.165) is 44.0 Å². The number of primary amides is 1. The summed E-state index contributed by atoms with van der Waals surface area (Å²) in [4.78, 5) is 13.1. The third-order valence-electron chi connectivity index (χ3n) is 3.69. The molecule has 0 saturated carbocycles. The van der Waals surface area contributed by atoms with Gasteiger partial charge in [-0.2, -0.15) is 0 Å². The summed E-state index contributed by atoms with van der Waals surface area (Å²) in [7, 11) is 3.31. The Kier molecular flexibility index (Phi) is 9.25. The molecule has 1 amide bonds. The maximum Gasteiger partial charge on any atom is 0.217 e. The van der Waals surface area contributed by atoms with Crippen molar-refractivity contribution in [1.29, 1.82) is 0 Å². The SMILES string of the molecule is COc1cc2c(cc1OC)CN(CCCC(N)=O)CC2.Cl.Cl. The molecule has 2 rings (SSSR count). The fraction of sp³-hybridized carbons (Fsp3) is 0.533. The summed E-state index contributed by atoms with van der Waals surface area (Å²) < 4.78 is 10.7. The number of nitrogens with zero attached hydrogens (tertiary/aromatic N) is 1. The molecule has 1 aliphatic heterocycles. The number of amides is 1. The van der Waals surface area contributed by atoms with Gasteiger partial charge in [0.25, 0.3) is 0 Å². The summed E-state index contributed by atoms with van der Waals surface area (Å²) >= 11 is 0. The number of hydrogen-bond acceptors (Lipinski definition) is 4. The smallest absolute Gasteiger partial charge is 0.217 e. The van der Waals surface area contributed by atoms with Crippen LogP contribution in [-0.2, 0) is 17.8 Å². The number of nitrogens with two attached hydrogens (primary N) is 1. The molecule has 1 aliphatic rings. The first kappa shape index (κ1) is 20.8. The zero-order valence-electron chi connectivity index (χ0n) is 13.0. The van der Waals surface area contributed by atoms with Gasteiger partial charge < -0.3 is 15.2 Å². The van der Waals surface area contributed by atoms with E-state index in [4.69, 9.17) is 15.2 Å². The molecule has 5 nitrogen and oxygen atoms in total. The molecule has 2 N–H and O–H groups in total. The first-order chi connectivity index (χ1) is 9.63. The van der Waals surface area contributed by atoms with Crippen molar-refractivity contribution in [3.8, 4) is 11.5 Å². The zero-order chi connectivity index (χ0) is 14.5. The highest BCUT2D eigenvalue weighted by molar-refractivity contribution is 5.85. The quantitative estimate of drug-likeness (QED) is 0.853. The molecule has 22 heavy (non-hydrogen) atoms. The molecule has 0 aromatic heterocycles. The lowest BCUT2D eigenvalue weighted by atomic mass is 9.98. The Morgan fingerprint density at radius 3 is 2.32 bits per heavy atom. The van der Waals surface area contributed by atoms with Crippen LogP contribution in [0.25, 0.3) is 0 Å². The molecule has 0 radical (unpaired) electrons. The number of carbonyl (C=O) groups is 1. The number of carbonyl (C=O) groups excluding carboxylic acids is 1. The normalized spacial score (nSPS) is 13.4. The van der Waals surface area contributed by atoms with Crippen LogP contribution in [-0.4, -0.2) is 38.1 Å². The molecule has 0 fully saturated rings. The Morgan fingerprint density at radius 2 is 1.77 bits per heavy atom. The summed E-state index contributed by atoms with van der Waals surface area (Å²) in [6, 6.07) is 4.11. The van der Waals surface area contributed by atoms with E-state index in [0.29, 0.717) is 6.42 Å². The van der Waals surface area contributed by atoms with Crippen LogP contribution < -0.4 is 15.2 Å². The third-order valence-corrected chi connectivity index (χ3v) is 3.69. The number of methoxy groups -OCH3 is 2. The highest BCUT2D eigenvalue weighted by Crippen LogP contribution is 2.33. The van der Waals surface area contributed by atoms with Crippen LogP contribution in [0.15, 0.2) is 12.1 Å². The summed E-state index contributed by atoms with van der Waals surface area (Å²) in [5.74, 6) is 1.33. The van der Waals surface area contributed by atoms with Crippen LogP contribution in [0.2, 0.25) is 0 Å². The second-order valence-electron chi connectivity index (χ2n) is 5.07. The molecule has 0 unspecified atom stereocenters. The Labute approximate surface area is 144 Å². The summed E-state index contributed by atoms with van der Waals surface area (Å²) in [6.07, 6.45) is 2.26. The molecule has 0 aliphatic carbocycles. The topological polar surface area (TPSA) is 64.8 Å². The van der Waals surface area contributed by atoms with E-state index < -0.39 is 0 Å². The van der Waals surface area contributed by atoms with E-state index in [1.54, 1.807) is 14.2 Å². The highest BCUT2D eigenvalue weighted by Gasteiger charge is 2.19. The van der Waals surface area contributed by atoms with Gasteiger partial charge in [0, 0.05) is 19.5 Å². The van der Waals surface area contributed by atoms with Gasteiger partial charge in [0.15, 0.2) is 11.5 Å². The number of benzene rings is 1. The maximum absolute atomic E-state index is 10.8. The van der Waals surface area contributed by atoms with E-state index in [1.165, 1.54) is 11.1 Å². The number of fused-ring (bicyclic) bond motifs is 1. The summed E-state index contributed by atoms with van der Waals surface area (Å²) in [6.45, 7) is 2.78. The van der Waals surface area contributed by atoms with Crippen molar-refractivity contribution >= 4 is 30.7 Å². The summed E-state index contributed by atoms with van der Waals surface area (Å²) in [5.41, 5.74) is 7.75. The zero-order valence-corrected chi connectivity index (χ0v) is 14.6. The van der Waals surface area contributed by atoms with Gasteiger partial charge in [0.1, 0.15) is 0 Å². The lowest BCUT2D eigenvalue weighted by molar-refractivity contribution is -0.118. The molecule has 0 saturated heterocycles. The first-order valence-corrected chi connectivity index (χ1v) is 6.88. The fourth-order valence-electron chi connectivity index (χ4n) is 2.61. The van der Waals surface area contributed by atoms with Crippen LogP contribution in [0.1, 0.15) is 24.0 Å².